The van der Waals surface area contributed by atoms with E-state index < -0.39 is 91.0 Å². The maximum absolute atomic E-state index is 13.4. The van der Waals surface area contributed by atoms with Crippen LogP contribution in [0.5, 0.6) is 0 Å². The van der Waals surface area contributed by atoms with Gasteiger partial charge >= 0.3 is 17.9 Å². The third-order valence-electron chi connectivity index (χ3n) is 7.90. The molecule has 3 aromatic carbocycles. The lowest BCUT2D eigenvalue weighted by Crippen LogP contribution is -2.57. The molecule has 16 heteroatoms. The fraction of sp³-hybridized carbons (Fsp3) is 0.351. The normalized spacial score (nSPS) is 13.1. The van der Waals surface area contributed by atoms with Gasteiger partial charge in [0.1, 0.15) is 24.2 Å². The van der Waals surface area contributed by atoms with Crippen LogP contribution < -0.4 is 26.6 Å². The first-order valence-electron chi connectivity index (χ1n) is 16.8. The van der Waals surface area contributed by atoms with Crippen molar-refractivity contribution in [3.63, 3.8) is 0 Å². The number of amides is 5. The van der Waals surface area contributed by atoms with Crippen molar-refractivity contribution in [2.75, 3.05) is 6.54 Å². The summed E-state index contributed by atoms with van der Waals surface area (Å²) in [5.41, 5.74) is 1.48. The maximum Gasteiger partial charge on any atom is 0.326 e. The number of hydrogen-bond donors (Lipinski definition) is 8. The summed E-state index contributed by atoms with van der Waals surface area (Å²) in [6.07, 6.45) is -1.87. The molecule has 3 aromatic rings. The molecular weight excluding hydrogens is 690 g/mol. The Morgan fingerprint density at radius 3 is 1.75 bits per heavy atom. The second kappa shape index (κ2) is 19.9. The predicted octanol–water partition coefficient (Wildman–Crippen LogP) is 0.761. The summed E-state index contributed by atoms with van der Waals surface area (Å²) in [7, 11) is 0. The molecular formula is C37H43N5O11. The van der Waals surface area contributed by atoms with Gasteiger partial charge in [-0.2, -0.15) is 0 Å². The highest BCUT2D eigenvalue weighted by Crippen LogP contribution is 2.16. The average Bonchev–Trinajstić information content (AvgIpc) is 3.09. The first-order valence-corrected chi connectivity index (χ1v) is 16.8. The molecule has 53 heavy (non-hydrogen) atoms. The zero-order valence-corrected chi connectivity index (χ0v) is 29.2. The van der Waals surface area contributed by atoms with Gasteiger partial charge in [0.25, 0.3) is 0 Å². The lowest BCUT2D eigenvalue weighted by molar-refractivity contribution is -0.148. The Morgan fingerprint density at radius 1 is 0.566 bits per heavy atom. The molecule has 0 radical (unpaired) electrons. The van der Waals surface area contributed by atoms with Gasteiger partial charge in [-0.1, -0.05) is 86.6 Å². The highest BCUT2D eigenvalue weighted by Gasteiger charge is 2.32. The summed E-state index contributed by atoms with van der Waals surface area (Å²) >= 11 is 0. The number of benzene rings is 3. The number of hydrogen-bond acceptors (Lipinski definition) is 8. The van der Waals surface area contributed by atoms with Crippen LogP contribution in [0.1, 0.15) is 44.2 Å². The molecule has 0 heterocycles. The molecule has 0 aromatic heterocycles. The Balaban J connectivity index is 1.68. The first kappa shape index (κ1) is 41.1. The molecule has 3 rings (SSSR count). The van der Waals surface area contributed by atoms with Crippen LogP contribution in [-0.2, 0) is 51.2 Å². The van der Waals surface area contributed by atoms with Gasteiger partial charge < -0.3 is 41.9 Å². The van der Waals surface area contributed by atoms with Gasteiger partial charge in [0.2, 0.25) is 29.5 Å². The number of carboxylic acids is 3. The van der Waals surface area contributed by atoms with Gasteiger partial charge in [-0.3, -0.25) is 33.6 Å². The fourth-order valence-corrected chi connectivity index (χ4v) is 5.38. The lowest BCUT2D eigenvalue weighted by atomic mass is 10.0. The minimum Gasteiger partial charge on any atom is -0.481 e. The molecule has 8 N–H and O–H groups in total. The second-order valence-corrected chi connectivity index (χ2v) is 12.8. The van der Waals surface area contributed by atoms with Crippen molar-refractivity contribution in [3.8, 4) is 0 Å². The molecule has 0 spiro atoms. The van der Waals surface area contributed by atoms with Crippen molar-refractivity contribution in [3.05, 3.63) is 83.9 Å². The molecule has 0 saturated heterocycles. The van der Waals surface area contributed by atoms with Crippen molar-refractivity contribution >= 4 is 58.2 Å². The van der Waals surface area contributed by atoms with Crippen LogP contribution in [-0.4, -0.2) is 93.5 Å². The standard InChI is InChI=1S/C37H43N5O11/c1-21(2)14-26(35(50)41-28(18-32(45)46)36(51)42-29(37(52)53)19-33(47)48)40-31(44)20-38-34(49)27(16-22-8-4-3-5-9-22)39-30(43)17-23-12-13-24-10-6-7-11-25(24)15-23/h3-13,15,21,26-29H,14,16-20H2,1-2H3,(H,38,49)(H,39,43)(H,40,44)(H,41,50)(H,42,51)(H,45,46)(H,47,48)(H,52,53)/t26-,27-,28-,29-/m0/s1. The molecule has 0 unspecified atom stereocenters. The minimum atomic E-state index is -1.91. The number of rotatable bonds is 20. The van der Waals surface area contributed by atoms with E-state index in [-0.39, 0.29) is 25.2 Å². The van der Waals surface area contributed by atoms with Crippen molar-refractivity contribution in [1.29, 1.82) is 0 Å². The molecule has 16 nitrogen and oxygen atoms in total. The number of fused-ring (bicyclic) bond motifs is 1. The molecule has 5 amide bonds. The van der Waals surface area contributed by atoms with Crippen LogP contribution in [0.2, 0.25) is 0 Å². The van der Waals surface area contributed by atoms with E-state index in [9.17, 15) is 48.6 Å². The summed E-state index contributed by atoms with van der Waals surface area (Å²) in [6.45, 7) is 2.85. The number of nitrogens with one attached hydrogen (secondary N) is 5. The molecule has 0 aliphatic carbocycles. The minimum absolute atomic E-state index is 0.00664. The molecule has 0 fully saturated rings. The molecule has 0 bridgehead atoms. The van der Waals surface area contributed by atoms with Crippen LogP contribution in [0.15, 0.2) is 72.8 Å². The Bertz CT molecular complexity index is 1810. The van der Waals surface area contributed by atoms with Gasteiger partial charge in [-0.05, 0) is 34.2 Å². The number of carboxylic acid groups (broad SMARTS) is 3. The van der Waals surface area contributed by atoms with Crippen molar-refractivity contribution in [2.24, 2.45) is 5.92 Å². The highest BCUT2D eigenvalue weighted by atomic mass is 16.4. The van der Waals surface area contributed by atoms with E-state index in [1.165, 1.54) is 0 Å². The van der Waals surface area contributed by atoms with Crippen LogP contribution in [0, 0.1) is 5.92 Å². The Labute approximate surface area is 304 Å². The topological polar surface area (TPSA) is 257 Å². The SMILES string of the molecule is CC(C)C[C@H](NC(=O)CNC(=O)[C@H](Cc1ccccc1)NC(=O)Cc1ccc2ccccc2c1)C(=O)N[C@@H](CC(=O)O)C(=O)N[C@@H](CC(=O)O)C(=O)O. The average molecular weight is 734 g/mol. The third-order valence-corrected chi connectivity index (χ3v) is 7.90. The van der Waals surface area contributed by atoms with Crippen LogP contribution >= 0.6 is 0 Å². The quantitative estimate of drug-likeness (QED) is 0.0804. The number of carbonyl (C=O) groups is 8. The van der Waals surface area contributed by atoms with Gasteiger partial charge in [-0.25, -0.2) is 4.79 Å². The van der Waals surface area contributed by atoms with E-state index in [0.29, 0.717) is 0 Å². The van der Waals surface area contributed by atoms with E-state index in [0.717, 1.165) is 21.9 Å². The van der Waals surface area contributed by atoms with E-state index in [1.54, 1.807) is 44.2 Å². The van der Waals surface area contributed by atoms with Gasteiger partial charge in [0.05, 0.1) is 25.8 Å². The second-order valence-electron chi connectivity index (χ2n) is 12.8. The summed E-state index contributed by atoms with van der Waals surface area (Å²) in [5.74, 6) is -9.12. The van der Waals surface area contributed by atoms with Gasteiger partial charge in [0, 0.05) is 6.42 Å². The van der Waals surface area contributed by atoms with Gasteiger partial charge in [0.15, 0.2) is 0 Å². The zero-order chi connectivity index (χ0) is 39.1. The van der Waals surface area contributed by atoms with Crippen molar-refractivity contribution in [1.82, 2.24) is 26.6 Å². The molecule has 0 saturated carbocycles. The van der Waals surface area contributed by atoms with Crippen molar-refractivity contribution in [2.45, 2.75) is 70.1 Å². The first-order chi connectivity index (χ1) is 25.1. The summed E-state index contributed by atoms with van der Waals surface area (Å²) in [5, 5.41) is 41.3. The highest BCUT2D eigenvalue weighted by molar-refractivity contribution is 5.97. The van der Waals surface area contributed by atoms with Crippen molar-refractivity contribution < 1.29 is 53.7 Å². The van der Waals surface area contributed by atoms with E-state index in [4.69, 9.17) is 5.11 Å². The monoisotopic (exact) mass is 733 g/mol. The summed E-state index contributed by atoms with van der Waals surface area (Å²) < 4.78 is 0. The smallest absolute Gasteiger partial charge is 0.326 e. The Morgan fingerprint density at radius 2 is 1.13 bits per heavy atom. The van der Waals surface area contributed by atoms with E-state index in [1.807, 2.05) is 47.8 Å². The van der Waals surface area contributed by atoms with Gasteiger partial charge in [-0.15, -0.1) is 0 Å². The number of carbonyl (C=O) groups excluding carboxylic acids is 5. The predicted molar refractivity (Wildman–Crippen MR) is 190 cm³/mol. The third kappa shape index (κ3) is 14.1. The molecule has 0 aliphatic rings. The van der Waals surface area contributed by atoms with Crippen LogP contribution in [0.4, 0.5) is 0 Å². The summed E-state index contributed by atoms with van der Waals surface area (Å²) in [4.78, 5) is 99.5. The largest absolute Gasteiger partial charge is 0.481 e. The Kier molecular flexibility index (Phi) is 15.4. The Hall–Kier alpha value is -6.32. The maximum atomic E-state index is 13.4. The van der Waals surface area contributed by atoms with E-state index >= 15 is 0 Å². The van der Waals surface area contributed by atoms with Crippen LogP contribution in [0.25, 0.3) is 10.8 Å². The zero-order valence-electron chi connectivity index (χ0n) is 29.2. The lowest BCUT2D eigenvalue weighted by Gasteiger charge is -2.24. The fourth-order valence-electron chi connectivity index (χ4n) is 5.38. The molecule has 282 valence electrons. The summed E-state index contributed by atoms with van der Waals surface area (Å²) in [6, 6.07) is 16.1. The number of aliphatic carboxylic acids is 3. The van der Waals surface area contributed by atoms with E-state index in [2.05, 4.69) is 21.3 Å². The van der Waals surface area contributed by atoms with Crippen LogP contribution in [0.3, 0.4) is 0 Å². The molecule has 4 atom stereocenters. The molecule has 0 aliphatic heterocycles.